The molecule has 0 saturated heterocycles. The average Bonchev–Trinajstić information content (AvgIpc) is 2.31. The SMILES string of the molecule is Cc1ccc(CCC(C(=O)O)S(=O)(=O)CC#N)cc1. The van der Waals surface area contributed by atoms with Crippen molar-refractivity contribution in [2.24, 2.45) is 0 Å². The standard InChI is InChI=1S/C13H15NO4S/c1-10-2-4-11(5-3-10)6-7-12(13(15)16)19(17,18)9-8-14/h2-5,12H,6-7,9H2,1H3,(H,15,16). The molecule has 0 heterocycles. The molecule has 19 heavy (non-hydrogen) atoms. The first-order valence-electron chi connectivity index (χ1n) is 5.73. The molecular weight excluding hydrogens is 266 g/mol. The summed E-state index contributed by atoms with van der Waals surface area (Å²) in [5.41, 5.74) is 1.96. The van der Waals surface area contributed by atoms with Gasteiger partial charge in [-0.15, -0.1) is 0 Å². The van der Waals surface area contributed by atoms with E-state index in [4.69, 9.17) is 10.4 Å². The van der Waals surface area contributed by atoms with Crippen molar-refractivity contribution in [3.05, 3.63) is 35.4 Å². The smallest absolute Gasteiger partial charge is 0.321 e. The zero-order chi connectivity index (χ0) is 14.5. The Labute approximate surface area is 112 Å². The topological polar surface area (TPSA) is 95.2 Å². The van der Waals surface area contributed by atoms with E-state index in [1.807, 2.05) is 31.2 Å². The molecule has 0 aromatic heterocycles. The number of benzene rings is 1. The maximum Gasteiger partial charge on any atom is 0.321 e. The van der Waals surface area contributed by atoms with Crippen LogP contribution in [-0.4, -0.2) is 30.5 Å². The molecule has 1 unspecified atom stereocenters. The molecule has 1 N–H and O–H groups in total. The fourth-order valence-corrected chi connectivity index (χ4v) is 2.87. The zero-order valence-corrected chi connectivity index (χ0v) is 11.4. The van der Waals surface area contributed by atoms with E-state index in [9.17, 15) is 13.2 Å². The maximum atomic E-state index is 11.6. The van der Waals surface area contributed by atoms with E-state index in [1.54, 1.807) is 0 Å². The minimum atomic E-state index is -3.91. The minimum absolute atomic E-state index is 0.0254. The van der Waals surface area contributed by atoms with Crippen LogP contribution in [0.5, 0.6) is 0 Å². The molecular formula is C13H15NO4S. The van der Waals surface area contributed by atoms with Crippen LogP contribution in [0.15, 0.2) is 24.3 Å². The number of nitriles is 1. The number of nitrogens with zero attached hydrogens (tertiary/aromatic N) is 1. The van der Waals surface area contributed by atoms with Crippen LogP contribution in [0.4, 0.5) is 0 Å². The summed E-state index contributed by atoms with van der Waals surface area (Å²) < 4.78 is 23.3. The number of rotatable bonds is 6. The van der Waals surface area contributed by atoms with Gasteiger partial charge in [0.1, 0.15) is 5.75 Å². The minimum Gasteiger partial charge on any atom is -0.480 e. The third kappa shape index (κ3) is 4.38. The molecule has 0 saturated carbocycles. The van der Waals surface area contributed by atoms with Crippen LogP contribution in [0.25, 0.3) is 0 Å². The van der Waals surface area contributed by atoms with Gasteiger partial charge in [-0.05, 0) is 25.3 Å². The van der Waals surface area contributed by atoms with Crippen LogP contribution >= 0.6 is 0 Å². The molecule has 0 aliphatic carbocycles. The largest absolute Gasteiger partial charge is 0.480 e. The van der Waals surface area contributed by atoms with Crippen LogP contribution in [0.2, 0.25) is 0 Å². The first-order chi connectivity index (χ1) is 8.86. The lowest BCUT2D eigenvalue weighted by atomic mass is 10.1. The van der Waals surface area contributed by atoms with Crippen molar-refractivity contribution in [1.82, 2.24) is 0 Å². The van der Waals surface area contributed by atoms with Gasteiger partial charge in [-0.1, -0.05) is 29.8 Å². The molecule has 1 aromatic carbocycles. The fourth-order valence-electron chi connectivity index (χ4n) is 1.70. The molecule has 0 aliphatic heterocycles. The first kappa shape index (κ1) is 15.2. The monoisotopic (exact) mass is 281 g/mol. The van der Waals surface area contributed by atoms with Crippen molar-refractivity contribution in [1.29, 1.82) is 5.26 Å². The normalized spacial score (nSPS) is 12.6. The van der Waals surface area contributed by atoms with Gasteiger partial charge in [0, 0.05) is 0 Å². The molecule has 6 heteroatoms. The number of sulfone groups is 1. The highest BCUT2D eigenvalue weighted by Crippen LogP contribution is 2.13. The Balaban J connectivity index is 2.79. The highest BCUT2D eigenvalue weighted by molar-refractivity contribution is 7.92. The van der Waals surface area contributed by atoms with Crippen LogP contribution < -0.4 is 0 Å². The van der Waals surface area contributed by atoms with Gasteiger partial charge in [-0.25, -0.2) is 8.42 Å². The Morgan fingerprint density at radius 1 is 1.37 bits per heavy atom. The molecule has 0 aliphatic rings. The van der Waals surface area contributed by atoms with Gasteiger partial charge in [0.05, 0.1) is 6.07 Å². The van der Waals surface area contributed by atoms with E-state index >= 15 is 0 Å². The summed E-state index contributed by atoms with van der Waals surface area (Å²) in [7, 11) is -3.91. The van der Waals surface area contributed by atoms with Gasteiger partial charge in [-0.2, -0.15) is 5.26 Å². The van der Waals surface area contributed by atoms with Crippen LogP contribution in [-0.2, 0) is 21.1 Å². The first-order valence-corrected chi connectivity index (χ1v) is 7.45. The summed E-state index contributed by atoms with van der Waals surface area (Å²) in [6, 6.07) is 8.94. The van der Waals surface area contributed by atoms with Crippen molar-refractivity contribution in [3.8, 4) is 6.07 Å². The summed E-state index contributed by atoms with van der Waals surface area (Å²) in [4.78, 5) is 11.0. The Morgan fingerprint density at radius 3 is 2.42 bits per heavy atom. The number of carboxylic acids is 1. The van der Waals surface area contributed by atoms with Crippen LogP contribution in [0, 0.1) is 18.3 Å². The summed E-state index contributed by atoms with van der Waals surface area (Å²) in [6.07, 6.45) is 0.324. The average molecular weight is 281 g/mol. The van der Waals surface area contributed by atoms with Gasteiger partial charge in [-0.3, -0.25) is 4.79 Å². The molecule has 5 nitrogen and oxygen atoms in total. The maximum absolute atomic E-state index is 11.6. The number of hydrogen-bond acceptors (Lipinski definition) is 4. The van der Waals surface area contributed by atoms with E-state index in [0.29, 0.717) is 6.42 Å². The molecule has 1 aromatic rings. The molecule has 0 fully saturated rings. The third-order valence-electron chi connectivity index (χ3n) is 2.79. The molecule has 0 amide bonds. The summed E-state index contributed by atoms with van der Waals surface area (Å²) in [6.45, 7) is 1.93. The molecule has 1 rings (SSSR count). The van der Waals surface area contributed by atoms with E-state index < -0.39 is 26.8 Å². The van der Waals surface area contributed by atoms with Gasteiger partial charge >= 0.3 is 5.97 Å². The van der Waals surface area contributed by atoms with E-state index in [0.717, 1.165) is 11.1 Å². The molecule has 0 radical (unpaired) electrons. The lowest BCUT2D eigenvalue weighted by Gasteiger charge is -2.11. The predicted octanol–water partition coefficient (Wildman–Crippen LogP) is 1.32. The Hall–Kier alpha value is -1.87. The Kier molecular flexibility index (Phi) is 5.07. The second-order valence-corrected chi connectivity index (χ2v) is 6.50. The summed E-state index contributed by atoms with van der Waals surface area (Å²) in [5.74, 6) is -2.17. The highest BCUT2D eigenvalue weighted by Gasteiger charge is 2.31. The van der Waals surface area contributed by atoms with Gasteiger partial charge in [0.25, 0.3) is 0 Å². The summed E-state index contributed by atoms with van der Waals surface area (Å²) >= 11 is 0. The van der Waals surface area contributed by atoms with E-state index in [2.05, 4.69) is 0 Å². The number of hydrogen-bond donors (Lipinski definition) is 1. The Morgan fingerprint density at radius 2 is 1.95 bits per heavy atom. The predicted molar refractivity (Wildman–Crippen MR) is 70.3 cm³/mol. The number of carboxylic acid groups (broad SMARTS) is 1. The van der Waals surface area contributed by atoms with Gasteiger partial charge in [0.2, 0.25) is 0 Å². The van der Waals surface area contributed by atoms with Crippen LogP contribution in [0.1, 0.15) is 17.5 Å². The van der Waals surface area contributed by atoms with Crippen LogP contribution in [0.3, 0.4) is 0 Å². The van der Waals surface area contributed by atoms with Crippen molar-refractivity contribution in [3.63, 3.8) is 0 Å². The lowest BCUT2D eigenvalue weighted by Crippen LogP contribution is -2.32. The third-order valence-corrected chi connectivity index (χ3v) is 4.63. The number of aryl methyl sites for hydroxylation is 2. The second kappa shape index (κ2) is 6.34. The van der Waals surface area contributed by atoms with Crippen molar-refractivity contribution in [2.45, 2.75) is 25.0 Å². The zero-order valence-electron chi connectivity index (χ0n) is 10.5. The second-order valence-electron chi connectivity index (χ2n) is 4.32. The Bertz CT molecular complexity index is 584. The molecule has 102 valence electrons. The quantitative estimate of drug-likeness (QED) is 0.848. The van der Waals surface area contributed by atoms with E-state index in [-0.39, 0.29) is 6.42 Å². The highest BCUT2D eigenvalue weighted by atomic mass is 32.2. The van der Waals surface area contributed by atoms with Gasteiger partial charge < -0.3 is 5.11 Å². The van der Waals surface area contributed by atoms with Crippen molar-refractivity contribution in [2.75, 3.05) is 5.75 Å². The van der Waals surface area contributed by atoms with Crippen molar-refractivity contribution >= 4 is 15.8 Å². The number of aliphatic carboxylic acids is 1. The van der Waals surface area contributed by atoms with Crippen molar-refractivity contribution < 1.29 is 18.3 Å². The molecule has 1 atom stereocenters. The fraction of sp³-hybridized carbons (Fsp3) is 0.385. The molecule has 0 spiro atoms. The van der Waals surface area contributed by atoms with E-state index in [1.165, 1.54) is 6.07 Å². The number of carbonyl (C=O) groups is 1. The summed E-state index contributed by atoms with van der Waals surface area (Å²) in [5, 5.41) is 15.9. The molecule has 0 bridgehead atoms. The lowest BCUT2D eigenvalue weighted by molar-refractivity contribution is -0.136. The van der Waals surface area contributed by atoms with Gasteiger partial charge in [0.15, 0.2) is 15.1 Å².